The molecule has 0 saturated carbocycles. The van der Waals surface area contributed by atoms with E-state index in [9.17, 15) is 4.79 Å². The molecule has 8 heteroatoms. The molecule has 0 spiro atoms. The van der Waals surface area contributed by atoms with Gasteiger partial charge in [0.05, 0.1) is 11.7 Å². The third kappa shape index (κ3) is 4.27. The first-order valence-electron chi connectivity index (χ1n) is 9.76. The SMILES string of the molecule is NC(=O)[C@@H]1CCCN1Cc1cn(CC2CCN(c3ccncc3)CC2)nn1. The van der Waals surface area contributed by atoms with Crippen LogP contribution in [0.1, 0.15) is 31.4 Å². The molecule has 2 aromatic rings. The number of piperidine rings is 1. The molecule has 2 aromatic heterocycles. The highest BCUT2D eigenvalue weighted by molar-refractivity contribution is 5.80. The Morgan fingerprint density at radius 3 is 2.67 bits per heavy atom. The van der Waals surface area contributed by atoms with Crippen molar-refractivity contribution in [3.05, 3.63) is 36.4 Å². The monoisotopic (exact) mass is 369 g/mol. The average molecular weight is 369 g/mol. The van der Waals surface area contributed by atoms with E-state index < -0.39 is 0 Å². The number of pyridine rings is 1. The summed E-state index contributed by atoms with van der Waals surface area (Å²) < 4.78 is 1.96. The molecule has 1 atom stereocenters. The van der Waals surface area contributed by atoms with Crippen LogP contribution in [-0.2, 0) is 17.9 Å². The van der Waals surface area contributed by atoms with Crippen molar-refractivity contribution in [2.45, 2.75) is 44.8 Å². The second-order valence-corrected chi connectivity index (χ2v) is 7.60. The van der Waals surface area contributed by atoms with Crippen molar-refractivity contribution in [3.8, 4) is 0 Å². The molecule has 2 fully saturated rings. The zero-order chi connectivity index (χ0) is 18.6. The molecular formula is C19H27N7O. The molecule has 1 amide bonds. The van der Waals surface area contributed by atoms with Crippen LogP contribution in [-0.4, -0.2) is 56.5 Å². The van der Waals surface area contributed by atoms with Crippen LogP contribution in [0.3, 0.4) is 0 Å². The molecule has 0 aliphatic carbocycles. The summed E-state index contributed by atoms with van der Waals surface area (Å²) in [6.07, 6.45) is 9.87. The van der Waals surface area contributed by atoms with Crippen molar-refractivity contribution in [2.24, 2.45) is 11.7 Å². The van der Waals surface area contributed by atoms with Crippen LogP contribution in [0.5, 0.6) is 0 Å². The van der Waals surface area contributed by atoms with E-state index in [1.165, 1.54) is 5.69 Å². The summed E-state index contributed by atoms with van der Waals surface area (Å²) in [6.45, 7) is 4.56. The summed E-state index contributed by atoms with van der Waals surface area (Å²) in [7, 11) is 0. The number of anilines is 1. The molecule has 2 aliphatic heterocycles. The maximum atomic E-state index is 11.5. The van der Waals surface area contributed by atoms with Crippen molar-refractivity contribution in [3.63, 3.8) is 0 Å². The Hall–Kier alpha value is -2.48. The number of carbonyl (C=O) groups excluding carboxylic acids is 1. The minimum absolute atomic E-state index is 0.160. The summed E-state index contributed by atoms with van der Waals surface area (Å²) >= 11 is 0. The number of rotatable bonds is 6. The molecule has 2 saturated heterocycles. The van der Waals surface area contributed by atoms with Crippen LogP contribution < -0.4 is 10.6 Å². The van der Waals surface area contributed by atoms with Gasteiger partial charge in [-0.25, -0.2) is 0 Å². The maximum Gasteiger partial charge on any atom is 0.234 e. The maximum absolute atomic E-state index is 11.5. The number of hydrogen-bond donors (Lipinski definition) is 1. The Morgan fingerprint density at radius 2 is 1.93 bits per heavy atom. The summed E-state index contributed by atoms with van der Waals surface area (Å²) in [5.41, 5.74) is 7.66. The van der Waals surface area contributed by atoms with Crippen LogP contribution in [0.25, 0.3) is 0 Å². The van der Waals surface area contributed by atoms with E-state index in [0.717, 1.165) is 57.6 Å². The van der Waals surface area contributed by atoms with Gasteiger partial charge in [-0.15, -0.1) is 5.10 Å². The first kappa shape index (κ1) is 17.9. The van der Waals surface area contributed by atoms with Crippen molar-refractivity contribution in [1.29, 1.82) is 0 Å². The molecule has 0 radical (unpaired) electrons. The highest BCUT2D eigenvalue weighted by Crippen LogP contribution is 2.24. The van der Waals surface area contributed by atoms with E-state index in [1.54, 1.807) is 0 Å². The quantitative estimate of drug-likeness (QED) is 0.818. The Bertz CT molecular complexity index is 754. The van der Waals surface area contributed by atoms with Crippen LogP contribution >= 0.6 is 0 Å². The smallest absolute Gasteiger partial charge is 0.234 e. The summed E-state index contributed by atoms with van der Waals surface area (Å²) in [5.74, 6) is 0.378. The molecule has 27 heavy (non-hydrogen) atoms. The lowest BCUT2D eigenvalue weighted by atomic mass is 9.96. The zero-order valence-electron chi connectivity index (χ0n) is 15.6. The number of primary amides is 1. The molecule has 2 aliphatic rings. The predicted octanol–water partition coefficient (Wildman–Crippen LogP) is 1.04. The fourth-order valence-corrected chi connectivity index (χ4v) is 4.24. The third-order valence-electron chi connectivity index (χ3n) is 5.73. The fourth-order valence-electron chi connectivity index (χ4n) is 4.24. The Balaban J connectivity index is 1.28. The van der Waals surface area contributed by atoms with Gasteiger partial charge in [-0.3, -0.25) is 19.4 Å². The van der Waals surface area contributed by atoms with Gasteiger partial charge in [0.1, 0.15) is 0 Å². The third-order valence-corrected chi connectivity index (χ3v) is 5.73. The van der Waals surface area contributed by atoms with Crippen molar-refractivity contribution in [1.82, 2.24) is 24.9 Å². The second kappa shape index (κ2) is 8.04. The van der Waals surface area contributed by atoms with Crippen molar-refractivity contribution in [2.75, 3.05) is 24.5 Å². The van der Waals surface area contributed by atoms with Gasteiger partial charge >= 0.3 is 0 Å². The molecule has 0 bridgehead atoms. The predicted molar refractivity (Wildman–Crippen MR) is 102 cm³/mol. The lowest BCUT2D eigenvalue weighted by Gasteiger charge is -2.33. The number of aromatic nitrogens is 4. The first-order valence-corrected chi connectivity index (χ1v) is 9.76. The molecule has 4 rings (SSSR count). The molecule has 8 nitrogen and oxygen atoms in total. The van der Waals surface area contributed by atoms with E-state index in [1.807, 2.05) is 23.3 Å². The van der Waals surface area contributed by atoms with Crippen LogP contribution in [0.4, 0.5) is 5.69 Å². The van der Waals surface area contributed by atoms with Gasteiger partial charge in [0.2, 0.25) is 5.91 Å². The Labute approximate surface area is 159 Å². The number of carbonyl (C=O) groups is 1. The summed E-state index contributed by atoms with van der Waals surface area (Å²) in [4.78, 5) is 20.2. The van der Waals surface area contributed by atoms with Gasteiger partial charge in [0, 0.05) is 50.5 Å². The van der Waals surface area contributed by atoms with E-state index in [-0.39, 0.29) is 11.9 Å². The molecule has 0 unspecified atom stereocenters. The summed E-state index contributed by atoms with van der Waals surface area (Å²) in [6, 6.07) is 3.98. The van der Waals surface area contributed by atoms with E-state index in [4.69, 9.17) is 5.73 Å². The van der Waals surface area contributed by atoms with Crippen LogP contribution in [0.15, 0.2) is 30.7 Å². The van der Waals surface area contributed by atoms with E-state index in [2.05, 4.69) is 37.2 Å². The number of amides is 1. The van der Waals surface area contributed by atoms with Gasteiger partial charge < -0.3 is 10.6 Å². The summed E-state index contributed by atoms with van der Waals surface area (Å²) in [5, 5.41) is 8.60. The van der Waals surface area contributed by atoms with Gasteiger partial charge in [-0.1, -0.05) is 5.21 Å². The molecule has 0 aromatic carbocycles. The van der Waals surface area contributed by atoms with Crippen molar-refractivity contribution < 1.29 is 4.79 Å². The van der Waals surface area contributed by atoms with Gasteiger partial charge in [0.25, 0.3) is 0 Å². The lowest BCUT2D eigenvalue weighted by molar-refractivity contribution is -0.122. The first-order chi connectivity index (χ1) is 13.2. The second-order valence-electron chi connectivity index (χ2n) is 7.60. The van der Waals surface area contributed by atoms with Gasteiger partial charge in [-0.05, 0) is 50.3 Å². The minimum Gasteiger partial charge on any atom is -0.371 e. The number of likely N-dealkylation sites (tertiary alicyclic amines) is 1. The topological polar surface area (TPSA) is 93.2 Å². The standard InChI is InChI=1S/C19H27N7O/c20-19(27)18-2-1-9-25(18)13-16-14-26(23-22-16)12-15-5-10-24(11-6-15)17-3-7-21-8-4-17/h3-4,7-8,14-15,18H,1-2,5-6,9-13H2,(H2,20,27)/t18-/m0/s1. The van der Waals surface area contributed by atoms with Crippen molar-refractivity contribution >= 4 is 11.6 Å². The fraction of sp³-hybridized carbons (Fsp3) is 0.579. The van der Waals surface area contributed by atoms with Gasteiger partial charge in [-0.2, -0.15) is 0 Å². The highest BCUT2D eigenvalue weighted by Gasteiger charge is 2.29. The highest BCUT2D eigenvalue weighted by atomic mass is 16.1. The van der Waals surface area contributed by atoms with E-state index >= 15 is 0 Å². The number of nitrogens with two attached hydrogens (primary N) is 1. The van der Waals surface area contributed by atoms with Crippen LogP contribution in [0.2, 0.25) is 0 Å². The Kier molecular flexibility index (Phi) is 5.33. The van der Waals surface area contributed by atoms with Gasteiger partial charge in [0.15, 0.2) is 0 Å². The lowest BCUT2D eigenvalue weighted by Crippen LogP contribution is -2.39. The largest absolute Gasteiger partial charge is 0.371 e. The molecular weight excluding hydrogens is 342 g/mol. The molecule has 4 heterocycles. The molecule has 144 valence electrons. The van der Waals surface area contributed by atoms with E-state index in [0.29, 0.717) is 12.5 Å². The normalized spacial score (nSPS) is 21.6. The number of nitrogens with zero attached hydrogens (tertiary/aromatic N) is 6. The van der Waals surface area contributed by atoms with Crippen LogP contribution in [0, 0.1) is 5.92 Å². The minimum atomic E-state index is -0.235. The zero-order valence-corrected chi connectivity index (χ0v) is 15.6. The molecule has 2 N–H and O–H groups in total. The Morgan fingerprint density at radius 1 is 1.15 bits per heavy atom. The average Bonchev–Trinajstić information content (AvgIpc) is 3.33. The number of hydrogen-bond acceptors (Lipinski definition) is 6.